The Bertz CT molecular complexity index is 1570. The molecular weight excluding hydrogens is 495 g/mol. The number of rotatable bonds is 7. The lowest BCUT2D eigenvalue weighted by atomic mass is 10.2. The van der Waals surface area contributed by atoms with Crippen LogP contribution in [0.3, 0.4) is 0 Å². The molecule has 0 amide bonds. The van der Waals surface area contributed by atoms with Gasteiger partial charge in [-0.2, -0.15) is 0 Å². The van der Waals surface area contributed by atoms with E-state index in [1.165, 1.54) is 9.47 Å². The Balaban J connectivity index is 1.74. The first-order valence-electron chi connectivity index (χ1n) is 11.3. The number of halogens is 2. The molecule has 1 heterocycles. The number of nitrogens with zero attached hydrogens (tertiary/aromatic N) is 4. The molecule has 8 heteroatoms. The van der Waals surface area contributed by atoms with Gasteiger partial charge < -0.3 is 0 Å². The predicted octanol–water partition coefficient (Wildman–Crippen LogP) is 5.63. The summed E-state index contributed by atoms with van der Waals surface area (Å²) in [5.74, 6) is 0. The van der Waals surface area contributed by atoms with E-state index in [1.807, 2.05) is 72.8 Å². The quantitative estimate of drug-likeness (QED) is 0.282. The molecular formula is C28H22Cl2N4O2. The minimum atomic E-state index is -0.496. The highest BCUT2D eigenvalue weighted by Crippen LogP contribution is 2.21. The topological polar surface area (TPSA) is 52.2 Å². The highest BCUT2D eigenvalue weighted by atomic mass is 35.5. The third-order valence-electron chi connectivity index (χ3n) is 5.79. The van der Waals surface area contributed by atoms with E-state index in [9.17, 15) is 9.59 Å². The van der Waals surface area contributed by atoms with E-state index >= 15 is 0 Å². The minimum Gasteiger partial charge on any atom is -0.258 e. The van der Waals surface area contributed by atoms with Crippen LogP contribution in [0.2, 0.25) is 10.0 Å². The summed E-state index contributed by atoms with van der Waals surface area (Å²) in [5, 5.41) is 2.87. The van der Waals surface area contributed by atoms with E-state index in [0.29, 0.717) is 28.0 Å². The zero-order valence-electron chi connectivity index (χ0n) is 19.2. The molecule has 4 aromatic carbocycles. The monoisotopic (exact) mass is 516 g/mol. The molecule has 0 saturated carbocycles. The Morgan fingerprint density at radius 3 is 1.72 bits per heavy atom. The summed E-state index contributed by atoms with van der Waals surface area (Å²) in [6.07, 6.45) is 0. The largest absolute Gasteiger partial charge is 0.371 e. The van der Waals surface area contributed by atoms with E-state index in [-0.39, 0.29) is 6.54 Å². The lowest BCUT2D eigenvalue weighted by molar-refractivity contribution is 0.461. The fraction of sp³-hybridized carbons (Fsp3) is 0.0714. The van der Waals surface area contributed by atoms with Gasteiger partial charge in [0.1, 0.15) is 0 Å². The second-order valence-corrected chi connectivity index (χ2v) is 9.10. The molecule has 180 valence electrons. The first-order chi connectivity index (χ1) is 17.5. The fourth-order valence-corrected chi connectivity index (χ4v) is 4.30. The molecule has 0 atom stereocenters. The van der Waals surface area contributed by atoms with Crippen LogP contribution in [-0.2, 0) is 13.1 Å². The van der Waals surface area contributed by atoms with Gasteiger partial charge in [-0.25, -0.2) is 18.8 Å². The number of benzene rings is 4. The first-order valence-corrected chi connectivity index (χ1v) is 12.1. The molecule has 0 radical (unpaired) electrons. The normalized spacial score (nSPS) is 10.9. The van der Waals surface area contributed by atoms with Crippen molar-refractivity contribution in [2.24, 2.45) is 0 Å². The number of hydrogen-bond donors (Lipinski definition) is 0. The van der Waals surface area contributed by atoms with Crippen molar-refractivity contribution in [2.75, 3.05) is 5.01 Å². The van der Waals surface area contributed by atoms with Crippen LogP contribution in [0.25, 0.3) is 5.69 Å². The van der Waals surface area contributed by atoms with Crippen LogP contribution in [0, 0.1) is 0 Å². The summed E-state index contributed by atoms with van der Waals surface area (Å²) in [4.78, 5) is 29.1. The van der Waals surface area contributed by atoms with E-state index in [2.05, 4.69) is 0 Å². The van der Waals surface area contributed by atoms with Gasteiger partial charge in [0, 0.05) is 10.0 Å². The van der Waals surface area contributed by atoms with Crippen molar-refractivity contribution in [3.05, 3.63) is 151 Å². The summed E-state index contributed by atoms with van der Waals surface area (Å²) in [6, 6.07) is 33.1. The van der Waals surface area contributed by atoms with Crippen molar-refractivity contribution in [1.82, 2.24) is 14.0 Å². The van der Waals surface area contributed by atoms with Gasteiger partial charge in [-0.3, -0.25) is 5.01 Å². The number of hydrogen-bond acceptors (Lipinski definition) is 3. The summed E-state index contributed by atoms with van der Waals surface area (Å²) >= 11 is 12.2. The Kier molecular flexibility index (Phi) is 6.80. The van der Waals surface area contributed by atoms with Gasteiger partial charge in [0.05, 0.1) is 24.5 Å². The Morgan fingerprint density at radius 2 is 1.14 bits per heavy atom. The van der Waals surface area contributed by atoms with Crippen LogP contribution in [0.1, 0.15) is 11.1 Å². The molecule has 1 aromatic heterocycles. The molecule has 0 aliphatic heterocycles. The Morgan fingerprint density at radius 1 is 0.611 bits per heavy atom. The summed E-state index contributed by atoms with van der Waals surface area (Å²) in [6.45, 7) is 0.551. The lowest BCUT2D eigenvalue weighted by Gasteiger charge is -2.27. The van der Waals surface area contributed by atoms with Gasteiger partial charge in [-0.15, -0.1) is 4.79 Å². The molecule has 0 aliphatic rings. The molecule has 6 nitrogen and oxygen atoms in total. The van der Waals surface area contributed by atoms with Crippen molar-refractivity contribution >= 4 is 28.9 Å². The SMILES string of the molecule is O=c1n(-c2ccc(Cl)cc2)c(=O)n(N(Cc2ccccc2)c2ccc(Cl)cc2)n1Cc1ccccc1. The van der Waals surface area contributed by atoms with Crippen LogP contribution in [0.4, 0.5) is 5.69 Å². The van der Waals surface area contributed by atoms with E-state index in [0.717, 1.165) is 15.7 Å². The maximum absolute atomic E-state index is 14.0. The molecule has 36 heavy (non-hydrogen) atoms. The van der Waals surface area contributed by atoms with Crippen molar-refractivity contribution in [3.63, 3.8) is 0 Å². The molecule has 0 unspecified atom stereocenters. The maximum atomic E-state index is 14.0. The molecule has 0 bridgehead atoms. The van der Waals surface area contributed by atoms with Gasteiger partial charge in [-0.1, -0.05) is 83.9 Å². The standard InChI is InChI=1S/C28H22Cl2N4O2/c29-23-11-15-25(16-12-23)31(19-21-7-3-1-4-8-21)34-28(36)33(26-17-13-24(30)14-18-26)27(35)32(34)20-22-9-5-2-6-10-22/h1-18H,19-20H2. The fourth-order valence-electron chi connectivity index (χ4n) is 4.04. The van der Waals surface area contributed by atoms with Gasteiger partial charge in [0.2, 0.25) is 0 Å². The molecule has 0 N–H and O–H groups in total. The van der Waals surface area contributed by atoms with Crippen LogP contribution in [-0.4, -0.2) is 14.0 Å². The van der Waals surface area contributed by atoms with Gasteiger partial charge in [0.25, 0.3) is 0 Å². The highest BCUT2D eigenvalue weighted by molar-refractivity contribution is 6.30. The third kappa shape index (κ3) is 4.87. The van der Waals surface area contributed by atoms with Crippen LogP contribution in [0.5, 0.6) is 0 Å². The smallest absolute Gasteiger partial charge is 0.258 e. The Labute approximate surface area is 217 Å². The molecule has 5 rings (SSSR count). The zero-order chi connectivity index (χ0) is 25.1. The average molecular weight is 517 g/mol. The average Bonchev–Trinajstić information content (AvgIpc) is 3.14. The van der Waals surface area contributed by atoms with Crippen LogP contribution in [0.15, 0.2) is 119 Å². The van der Waals surface area contributed by atoms with Gasteiger partial charge >= 0.3 is 11.4 Å². The van der Waals surface area contributed by atoms with Crippen LogP contribution < -0.4 is 16.4 Å². The molecule has 5 aromatic rings. The summed E-state index contributed by atoms with van der Waals surface area (Å²) in [5.41, 5.74) is 2.04. The minimum absolute atomic E-state index is 0.203. The van der Waals surface area contributed by atoms with Gasteiger partial charge in [0.15, 0.2) is 0 Å². The summed E-state index contributed by atoms with van der Waals surface area (Å²) < 4.78 is 2.61. The predicted molar refractivity (Wildman–Crippen MR) is 144 cm³/mol. The second kappa shape index (κ2) is 10.3. The van der Waals surface area contributed by atoms with Crippen molar-refractivity contribution in [3.8, 4) is 5.69 Å². The molecule has 0 spiro atoms. The Hall–Kier alpha value is -4.00. The first kappa shape index (κ1) is 23.7. The van der Waals surface area contributed by atoms with Crippen molar-refractivity contribution in [2.45, 2.75) is 13.1 Å². The van der Waals surface area contributed by atoms with E-state index < -0.39 is 11.4 Å². The lowest BCUT2D eigenvalue weighted by Crippen LogP contribution is -2.42. The molecule has 0 saturated heterocycles. The third-order valence-corrected chi connectivity index (χ3v) is 6.30. The zero-order valence-corrected chi connectivity index (χ0v) is 20.7. The highest BCUT2D eigenvalue weighted by Gasteiger charge is 2.23. The number of anilines is 1. The second-order valence-electron chi connectivity index (χ2n) is 8.23. The molecule has 0 fully saturated rings. The van der Waals surface area contributed by atoms with E-state index in [1.54, 1.807) is 41.4 Å². The van der Waals surface area contributed by atoms with Crippen molar-refractivity contribution in [1.29, 1.82) is 0 Å². The van der Waals surface area contributed by atoms with Gasteiger partial charge in [-0.05, 0) is 59.7 Å². The number of aromatic nitrogens is 3. The van der Waals surface area contributed by atoms with Crippen LogP contribution >= 0.6 is 23.2 Å². The molecule has 0 aliphatic carbocycles. The maximum Gasteiger partial charge on any atom is 0.371 e. The van der Waals surface area contributed by atoms with Crippen molar-refractivity contribution < 1.29 is 0 Å². The summed E-state index contributed by atoms with van der Waals surface area (Å²) in [7, 11) is 0. The van der Waals surface area contributed by atoms with E-state index in [4.69, 9.17) is 23.2 Å².